The Morgan fingerprint density at radius 3 is 2.60 bits per heavy atom. The van der Waals surface area contributed by atoms with Gasteiger partial charge in [0.1, 0.15) is 10.0 Å². The molecule has 2 aliphatic heterocycles. The van der Waals surface area contributed by atoms with Crippen LogP contribution in [-0.2, 0) is 22.6 Å². The zero-order chi connectivity index (χ0) is 24.1. The van der Waals surface area contributed by atoms with E-state index in [0.717, 1.165) is 45.3 Å². The number of hydrogen-bond acceptors (Lipinski definition) is 7. The highest BCUT2D eigenvalue weighted by Gasteiger charge is 2.31. The van der Waals surface area contributed by atoms with E-state index < -0.39 is 0 Å². The molecule has 1 N–H and O–H groups in total. The van der Waals surface area contributed by atoms with Gasteiger partial charge in [-0.3, -0.25) is 19.3 Å². The van der Waals surface area contributed by atoms with E-state index >= 15 is 0 Å². The molecule has 4 heterocycles. The summed E-state index contributed by atoms with van der Waals surface area (Å²) in [5.74, 6) is -0.748. The zero-order valence-corrected chi connectivity index (χ0v) is 20.7. The highest BCUT2D eigenvalue weighted by Crippen LogP contribution is 2.45. The van der Waals surface area contributed by atoms with Gasteiger partial charge in [0.05, 0.1) is 15.9 Å². The Bertz CT molecular complexity index is 1460. The van der Waals surface area contributed by atoms with Crippen LogP contribution in [0.1, 0.15) is 33.6 Å². The fourth-order valence-corrected chi connectivity index (χ4v) is 7.08. The van der Waals surface area contributed by atoms with Crippen molar-refractivity contribution < 1.29 is 14.4 Å². The third-order valence-corrected chi connectivity index (χ3v) is 8.59. The van der Waals surface area contributed by atoms with Crippen molar-refractivity contribution in [3.63, 3.8) is 0 Å². The van der Waals surface area contributed by atoms with Gasteiger partial charge in [-0.25, -0.2) is 4.98 Å². The minimum absolute atomic E-state index is 0.204. The molecule has 0 bridgehead atoms. The number of imide groups is 1. The number of thiazole rings is 1. The number of anilines is 2. The summed E-state index contributed by atoms with van der Waals surface area (Å²) in [4.78, 5) is 47.3. The number of fused-ring (bicyclic) bond motifs is 2. The van der Waals surface area contributed by atoms with Crippen molar-refractivity contribution in [2.75, 3.05) is 23.8 Å². The molecule has 6 rings (SSSR count). The van der Waals surface area contributed by atoms with Gasteiger partial charge in [0.25, 0.3) is 5.91 Å². The van der Waals surface area contributed by atoms with Crippen molar-refractivity contribution in [3.8, 4) is 10.6 Å². The highest BCUT2D eigenvalue weighted by molar-refractivity contribution is 7.23. The number of carbonyl (C=O) groups is 3. The number of aromatic nitrogens is 1. The van der Waals surface area contributed by atoms with Gasteiger partial charge in [0.15, 0.2) is 0 Å². The molecule has 0 spiro atoms. The van der Waals surface area contributed by atoms with Crippen molar-refractivity contribution in [1.29, 1.82) is 0 Å². The van der Waals surface area contributed by atoms with E-state index in [1.54, 1.807) is 46.9 Å². The largest absolute Gasteiger partial charge is 0.313 e. The van der Waals surface area contributed by atoms with E-state index in [9.17, 15) is 14.4 Å². The van der Waals surface area contributed by atoms with Crippen molar-refractivity contribution in [2.24, 2.45) is 0 Å². The first-order valence-corrected chi connectivity index (χ1v) is 13.1. The number of carbonyl (C=O) groups excluding carboxylic acids is 3. The van der Waals surface area contributed by atoms with Crippen LogP contribution in [0.3, 0.4) is 0 Å². The van der Waals surface area contributed by atoms with Gasteiger partial charge in [0.2, 0.25) is 11.8 Å². The summed E-state index contributed by atoms with van der Waals surface area (Å²) in [6.07, 6.45) is 1.31. The molecule has 176 valence electrons. The average Bonchev–Trinajstić information content (AvgIpc) is 3.52. The molecule has 4 aromatic rings. The molecule has 0 aliphatic carbocycles. The van der Waals surface area contributed by atoms with Crippen molar-refractivity contribution in [2.45, 2.75) is 25.8 Å². The number of nitrogens with one attached hydrogen (secondary N) is 1. The van der Waals surface area contributed by atoms with E-state index in [-0.39, 0.29) is 30.6 Å². The van der Waals surface area contributed by atoms with Gasteiger partial charge >= 0.3 is 0 Å². The smallest absolute Gasteiger partial charge is 0.256 e. The highest BCUT2D eigenvalue weighted by atomic mass is 32.1. The van der Waals surface area contributed by atoms with Crippen molar-refractivity contribution in [3.05, 3.63) is 64.5 Å². The van der Waals surface area contributed by atoms with Crippen LogP contribution in [0.5, 0.6) is 0 Å². The number of likely N-dealkylation sites (N-methyl/N-ethyl adjacent to an activating group) is 1. The number of nitrogens with zero attached hydrogens (tertiary/aromatic N) is 3. The summed E-state index contributed by atoms with van der Waals surface area (Å²) in [6.45, 7) is 1.79. The Balaban J connectivity index is 1.37. The van der Waals surface area contributed by atoms with Gasteiger partial charge in [-0.15, -0.1) is 22.7 Å². The molecule has 1 fully saturated rings. The van der Waals surface area contributed by atoms with E-state index in [2.05, 4.69) is 23.3 Å². The maximum absolute atomic E-state index is 13.4. The monoisotopic (exact) mass is 502 g/mol. The first kappa shape index (κ1) is 22.1. The van der Waals surface area contributed by atoms with Crippen molar-refractivity contribution in [1.82, 2.24) is 9.88 Å². The van der Waals surface area contributed by atoms with E-state index in [4.69, 9.17) is 4.98 Å². The number of rotatable bonds is 4. The van der Waals surface area contributed by atoms with Crippen LogP contribution in [0.15, 0.2) is 48.5 Å². The Labute approximate surface area is 210 Å². The summed E-state index contributed by atoms with van der Waals surface area (Å²) in [6, 6.07) is 14.7. The summed E-state index contributed by atoms with van der Waals surface area (Å²) < 4.78 is 1.11. The first-order valence-electron chi connectivity index (χ1n) is 11.4. The Morgan fingerprint density at radius 1 is 1.00 bits per heavy atom. The number of hydrogen-bond donors (Lipinski definition) is 1. The van der Waals surface area contributed by atoms with Crippen LogP contribution in [0.2, 0.25) is 0 Å². The summed E-state index contributed by atoms with van der Waals surface area (Å²) in [7, 11) is 2.10. The van der Waals surface area contributed by atoms with Crippen LogP contribution < -0.4 is 10.2 Å². The molecule has 0 atom stereocenters. The molecular formula is C26H22N4O3S2. The molecule has 9 heteroatoms. The minimum atomic E-state index is -0.278. The standard InChI is InChI=1S/C26H22N4O3S2/c1-29-12-11-17-20(14-29)35-26(23(17)25-27-18-7-2-3-8-19(18)34-25)28-24(33)15-5-4-6-16(13-15)30-21(31)9-10-22(30)32/h2-8,13H,9-12,14H2,1H3,(H,28,33). The number of amides is 3. The van der Waals surface area contributed by atoms with Crippen LogP contribution in [0, 0.1) is 0 Å². The van der Waals surface area contributed by atoms with Gasteiger partial charge in [-0.1, -0.05) is 18.2 Å². The molecular weight excluding hydrogens is 480 g/mol. The molecule has 0 radical (unpaired) electrons. The molecule has 2 aromatic heterocycles. The Hall–Kier alpha value is -3.40. The normalized spacial score (nSPS) is 16.2. The number of thiophene rings is 1. The van der Waals surface area contributed by atoms with E-state index in [1.807, 2.05) is 18.2 Å². The lowest BCUT2D eigenvalue weighted by atomic mass is 10.0. The predicted molar refractivity (Wildman–Crippen MR) is 139 cm³/mol. The van der Waals surface area contributed by atoms with Crippen LogP contribution >= 0.6 is 22.7 Å². The van der Waals surface area contributed by atoms with Gasteiger partial charge in [0, 0.05) is 41.9 Å². The number of benzene rings is 2. The Kier molecular flexibility index (Phi) is 5.47. The van der Waals surface area contributed by atoms with E-state index in [0.29, 0.717) is 11.3 Å². The second-order valence-corrected chi connectivity index (χ2v) is 10.9. The second-order valence-electron chi connectivity index (χ2n) is 8.81. The lowest BCUT2D eigenvalue weighted by Crippen LogP contribution is -2.28. The van der Waals surface area contributed by atoms with Gasteiger partial charge in [-0.2, -0.15) is 0 Å². The zero-order valence-electron chi connectivity index (χ0n) is 19.0. The SMILES string of the molecule is CN1CCc2c(sc(NC(=O)c3cccc(N4C(=O)CCC4=O)c3)c2-c2nc3ccccc3s2)C1. The lowest BCUT2D eigenvalue weighted by Gasteiger charge is -2.22. The second kappa shape index (κ2) is 8.67. The van der Waals surface area contributed by atoms with Crippen LogP contribution in [-0.4, -0.2) is 41.2 Å². The predicted octanol–water partition coefficient (Wildman–Crippen LogP) is 4.92. The molecule has 0 unspecified atom stereocenters. The molecule has 35 heavy (non-hydrogen) atoms. The summed E-state index contributed by atoms with van der Waals surface area (Å²) in [5, 5.41) is 4.81. The topological polar surface area (TPSA) is 82.6 Å². The third kappa shape index (κ3) is 3.95. The third-order valence-electron chi connectivity index (χ3n) is 6.40. The van der Waals surface area contributed by atoms with Crippen LogP contribution in [0.4, 0.5) is 10.7 Å². The van der Waals surface area contributed by atoms with E-state index in [1.165, 1.54) is 15.3 Å². The maximum Gasteiger partial charge on any atom is 0.256 e. The molecule has 1 saturated heterocycles. The maximum atomic E-state index is 13.4. The fraction of sp³-hybridized carbons (Fsp3) is 0.231. The van der Waals surface area contributed by atoms with Gasteiger partial charge < -0.3 is 10.2 Å². The Morgan fingerprint density at radius 2 is 1.80 bits per heavy atom. The quantitative estimate of drug-likeness (QED) is 0.401. The number of para-hydroxylation sites is 1. The first-order chi connectivity index (χ1) is 17.0. The summed E-state index contributed by atoms with van der Waals surface area (Å²) >= 11 is 3.23. The lowest BCUT2D eigenvalue weighted by molar-refractivity contribution is -0.121. The minimum Gasteiger partial charge on any atom is -0.313 e. The summed E-state index contributed by atoms with van der Waals surface area (Å²) in [5.41, 5.74) is 4.04. The average molecular weight is 503 g/mol. The fourth-order valence-electron chi connectivity index (χ4n) is 4.65. The van der Waals surface area contributed by atoms with Crippen molar-refractivity contribution >= 4 is 61.3 Å². The molecule has 3 amide bonds. The molecule has 0 saturated carbocycles. The van der Waals surface area contributed by atoms with Gasteiger partial charge in [-0.05, 0) is 49.4 Å². The molecule has 7 nitrogen and oxygen atoms in total. The molecule has 2 aliphatic rings. The van der Waals surface area contributed by atoms with Crippen LogP contribution in [0.25, 0.3) is 20.8 Å². The molecule has 2 aromatic carbocycles.